The molecule has 2 rings (SSSR count). The van der Waals surface area contributed by atoms with Crippen molar-refractivity contribution >= 4 is 0 Å². The zero-order chi connectivity index (χ0) is 8.06. The van der Waals surface area contributed by atoms with Crippen LogP contribution in [0.3, 0.4) is 0 Å². The lowest BCUT2D eigenvalue weighted by molar-refractivity contribution is -0.0244. The molecule has 0 aliphatic carbocycles. The van der Waals surface area contributed by atoms with Crippen LogP contribution in [0.4, 0.5) is 0 Å². The molecule has 11 heavy (non-hydrogen) atoms. The molecular weight excluding hydrogens is 140 g/mol. The molecular formula is C9H16O2. The second kappa shape index (κ2) is 2.20. The van der Waals surface area contributed by atoms with Crippen molar-refractivity contribution in [3.63, 3.8) is 0 Å². The van der Waals surface area contributed by atoms with Crippen LogP contribution in [0.2, 0.25) is 0 Å². The highest BCUT2D eigenvalue weighted by Gasteiger charge is 2.53. The molecule has 0 saturated carbocycles. The molecule has 2 heteroatoms. The first-order valence-corrected chi connectivity index (χ1v) is 4.40. The lowest BCUT2D eigenvalue weighted by atomic mass is 9.86. The van der Waals surface area contributed by atoms with Crippen molar-refractivity contribution in [2.45, 2.75) is 32.5 Å². The molecule has 0 aromatic carbocycles. The fraction of sp³-hybridized carbons (Fsp3) is 1.00. The van der Waals surface area contributed by atoms with Gasteiger partial charge in [-0.25, -0.2) is 0 Å². The van der Waals surface area contributed by atoms with Gasteiger partial charge in [0.05, 0.1) is 24.9 Å². The van der Waals surface area contributed by atoms with Gasteiger partial charge >= 0.3 is 0 Å². The number of hydrogen-bond acceptors (Lipinski definition) is 2. The molecule has 2 nitrogen and oxygen atoms in total. The third kappa shape index (κ3) is 0.859. The van der Waals surface area contributed by atoms with E-state index in [1.165, 1.54) is 0 Å². The molecule has 2 aliphatic heterocycles. The van der Waals surface area contributed by atoms with Crippen LogP contribution in [0.5, 0.6) is 0 Å². The number of hydrogen-bond donors (Lipinski definition) is 0. The van der Waals surface area contributed by atoms with E-state index in [0.29, 0.717) is 17.9 Å². The van der Waals surface area contributed by atoms with Gasteiger partial charge in [0.1, 0.15) is 0 Å². The van der Waals surface area contributed by atoms with E-state index in [1.807, 2.05) is 0 Å². The van der Waals surface area contributed by atoms with E-state index >= 15 is 0 Å². The number of rotatable bonds is 0. The molecule has 0 bridgehead atoms. The van der Waals surface area contributed by atoms with Crippen molar-refractivity contribution in [1.82, 2.24) is 0 Å². The molecule has 2 fully saturated rings. The minimum atomic E-state index is 0.0133. The van der Waals surface area contributed by atoms with Crippen LogP contribution in [-0.4, -0.2) is 24.9 Å². The van der Waals surface area contributed by atoms with Gasteiger partial charge in [0.25, 0.3) is 0 Å². The normalized spacial score (nSPS) is 56.5. The molecule has 2 heterocycles. The Balaban J connectivity index is 2.23. The summed E-state index contributed by atoms with van der Waals surface area (Å²) < 4.78 is 11.4. The lowest BCUT2D eigenvalue weighted by Crippen LogP contribution is -2.37. The second-order valence-corrected chi connectivity index (χ2v) is 4.13. The average molecular weight is 156 g/mol. The first kappa shape index (κ1) is 7.56. The standard InChI is InChI=1S/C9H16O2/c1-6-4-11-9(3)7(2)5-10-8(6)9/h6-8H,4-5H2,1-3H3/t6-,7+,8+,9-/m0/s1. The van der Waals surface area contributed by atoms with Gasteiger partial charge < -0.3 is 9.47 Å². The van der Waals surface area contributed by atoms with Crippen molar-refractivity contribution in [2.24, 2.45) is 11.8 Å². The van der Waals surface area contributed by atoms with Gasteiger partial charge in [0.15, 0.2) is 0 Å². The van der Waals surface area contributed by atoms with Crippen molar-refractivity contribution in [3.05, 3.63) is 0 Å². The van der Waals surface area contributed by atoms with E-state index in [0.717, 1.165) is 13.2 Å². The Kier molecular flexibility index (Phi) is 1.52. The van der Waals surface area contributed by atoms with Crippen LogP contribution in [0.25, 0.3) is 0 Å². The molecule has 2 saturated heterocycles. The predicted octanol–water partition coefficient (Wildman–Crippen LogP) is 1.45. The zero-order valence-electron chi connectivity index (χ0n) is 7.46. The van der Waals surface area contributed by atoms with Crippen molar-refractivity contribution < 1.29 is 9.47 Å². The van der Waals surface area contributed by atoms with Gasteiger partial charge in [-0.2, -0.15) is 0 Å². The molecule has 0 radical (unpaired) electrons. The summed E-state index contributed by atoms with van der Waals surface area (Å²) in [5, 5.41) is 0. The van der Waals surface area contributed by atoms with Gasteiger partial charge in [-0.3, -0.25) is 0 Å². The van der Waals surface area contributed by atoms with Crippen molar-refractivity contribution in [3.8, 4) is 0 Å². The summed E-state index contributed by atoms with van der Waals surface area (Å²) in [6.07, 6.45) is 0.345. The third-order valence-electron chi connectivity index (χ3n) is 3.24. The second-order valence-electron chi connectivity index (χ2n) is 4.13. The van der Waals surface area contributed by atoms with Gasteiger partial charge in [0, 0.05) is 11.8 Å². The average Bonchev–Trinajstić information content (AvgIpc) is 2.39. The van der Waals surface area contributed by atoms with Crippen LogP contribution >= 0.6 is 0 Å². The van der Waals surface area contributed by atoms with Crippen LogP contribution in [0.15, 0.2) is 0 Å². The monoisotopic (exact) mass is 156 g/mol. The van der Waals surface area contributed by atoms with Crippen molar-refractivity contribution in [2.75, 3.05) is 13.2 Å². The molecule has 0 aromatic heterocycles. The molecule has 0 N–H and O–H groups in total. The summed E-state index contributed by atoms with van der Waals surface area (Å²) >= 11 is 0. The highest BCUT2D eigenvalue weighted by Crippen LogP contribution is 2.43. The molecule has 2 aliphatic rings. The Bertz CT molecular complexity index is 169. The Morgan fingerprint density at radius 3 is 2.64 bits per heavy atom. The summed E-state index contributed by atoms with van der Waals surface area (Å²) in [4.78, 5) is 0. The maximum atomic E-state index is 5.76. The topological polar surface area (TPSA) is 18.5 Å². The summed E-state index contributed by atoms with van der Waals surface area (Å²) in [7, 11) is 0. The highest BCUT2D eigenvalue weighted by atomic mass is 16.6. The van der Waals surface area contributed by atoms with E-state index in [2.05, 4.69) is 20.8 Å². The number of fused-ring (bicyclic) bond motifs is 1. The third-order valence-corrected chi connectivity index (χ3v) is 3.24. The Morgan fingerprint density at radius 2 is 2.00 bits per heavy atom. The van der Waals surface area contributed by atoms with Crippen molar-refractivity contribution in [1.29, 1.82) is 0 Å². The maximum absolute atomic E-state index is 5.76. The Morgan fingerprint density at radius 1 is 1.27 bits per heavy atom. The maximum Gasteiger partial charge on any atom is 0.0965 e. The summed E-state index contributed by atoms with van der Waals surface area (Å²) in [5.74, 6) is 1.13. The summed E-state index contributed by atoms with van der Waals surface area (Å²) in [6.45, 7) is 8.32. The fourth-order valence-corrected chi connectivity index (χ4v) is 2.21. The molecule has 0 aromatic rings. The van der Waals surface area contributed by atoms with Crippen LogP contribution in [0.1, 0.15) is 20.8 Å². The molecule has 0 amide bonds. The first-order chi connectivity index (χ1) is 5.14. The smallest absolute Gasteiger partial charge is 0.0965 e. The highest BCUT2D eigenvalue weighted by molar-refractivity contribution is 5.01. The van der Waals surface area contributed by atoms with Crippen LogP contribution in [-0.2, 0) is 9.47 Å². The summed E-state index contributed by atoms with van der Waals surface area (Å²) in [5.41, 5.74) is 0.0133. The van der Waals surface area contributed by atoms with Crippen LogP contribution < -0.4 is 0 Å². The number of ether oxygens (including phenoxy) is 2. The molecule has 64 valence electrons. The summed E-state index contributed by atoms with van der Waals surface area (Å²) in [6, 6.07) is 0. The van der Waals surface area contributed by atoms with E-state index in [1.54, 1.807) is 0 Å². The minimum Gasteiger partial charge on any atom is -0.374 e. The largest absolute Gasteiger partial charge is 0.374 e. The quantitative estimate of drug-likeness (QED) is 0.528. The SMILES string of the molecule is C[C@@H]1CO[C@@H]2[C@@H](C)CO[C@@]12C. The van der Waals surface area contributed by atoms with Gasteiger partial charge in [-0.05, 0) is 6.92 Å². The van der Waals surface area contributed by atoms with E-state index in [-0.39, 0.29) is 5.60 Å². The molecule has 0 unspecified atom stereocenters. The van der Waals surface area contributed by atoms with E-state index in [4.69, 9.17) is 9.47 Å². The van der Waals surface area contributed by atoms with E-state index in [9.17, 15) is 0 Å². The van der Waals surface area contributed by atoms with E-state index < -0.39 is 0 Å². The minimum absolute atomic E-state index is 0.0133. The Hall–Kier alpha value is -0.0800. The fourth-order valence-electron chi connectivity index (χ4n) is 2.21. The lowest BCUT2D eigenvalue weighted by Gasteiger charge is -2.26. The van der Waals surface area contributed by atoms with Gasteiger partial charge in [0.2, 0.25) is 0 Å². The zero-order valence-corrected chi connectivity index (χ0v) is 7.46. The first-order valence-electron chi connectivity index (χ1n) is 4.40. The molecule has 0 spiro atoms. The van der Waals surface area contributed by atoms with Gasteiger partial charge in [-0.15, -0.1) is 0 Å². The molecule has 4 atom stereocenters. The predicted molar refractivity (Wildman–Crippen MR) is 42.4 cm³/mol. The van der Waals surface area contributed by atoms with Crippen LogP contribution in [0, 0.1) is 11.8 Å². The van der Waals surface area contributed by atoms with Gasteiger partial charge in [-0.1, -0.05) is 13.8 Å². The Labute approximate surface area is 67.9 Å².